The predicted octanol–water partition coefficient (Wildman–Crippen LogP) is 10.2. The summed E-state index contributed by atoms with van der Waals surface area (Å²) in [6.45, 7) is 5.38. The van der Waals surface area contributed by atoms with Crippen LogP contribution < -0.4 is 10.6 Å². The first-order chi connectivity index (χ1) is 36.8. The number of nitrogens with one attached hydrogen (secondary N) is 2. The van der Waals surface area contributed by atoms with Gasteiger partial charge in [0, 0.05) is 39.5 Å². The molecule has 76 heavy (non-hydrogen) atoms. The van der Waals surface area contributed by atoms with Crippen molar-refractivity contribution in [3.8, 4) is 0 Å². The summed E-state index contributed by atoms with van der Waals surface area (Å²) in [5, 5.41) is 44.6. The minimum absolute atomic E-state index is 0.0147. The van der Waals surface area contributed by atoms with Gasteiger partial charge in [-0.2, -0.15) is 0 Å². The average Bonchev–Trinajstić information content (AvgIpc) is 3.41. The molecule has 0 aromatic rings. The Hall–Kier alpha value is -2.77. The number of phosphoric acid groups is 1. The summed E-state index contributed by atoms with van der Waals surface area (Å²) in [6, 6.07) is 0. The molecule has 2 amide bonds. The smallest absolute Gasteiger partial charge is 0.461 e. The largest absolute Gasteiger partial charge is 0.474 e. The molecule has 0 radical (unpaired) electrons. The van der Waals surface area contributed by atoms with Crippen LogP contribution in [0.3, 0.4) is 0 Å². The molecule has 4 unspecified atom stereocenters. The van der Waals surface area contributed by atoms with Crippen LogP contribution >= 0.6 is 7.82 Å². The standard InChI is InChI=1S/C57H105N2O16P/c1-5-8-11-14-16-18-19-20-21-22-23-24-26-28-31-39-52(63)74-48(45-71-56(67)47(35-29-13-10-7-3)36-30-27-25-17-15-12-9-6-2)46-73-76(68,69-4)72-43-41-59-51(62)38-33-32-37-50(61)58-40-34-42-70-57-55(66)54(65)53(64)49(44-60)75-57/h20-21,30,36,47-49,53-55,57,60,64-66H,5-19,22-29,31-35,37-46H2,1-4H3,(H,58,61)(H,59,62)/b21-20-,36-30-/t47?,48-,49?,53+,54+,55?,57-,76?/m1/s1. The van der Waals surface area contributed by atoms with Gasteiger partial charge in [0.2, 0.25) is 11.8 Å². The maximum absolute atomic E-state index is 13.6. The van der Waals surface area contributed by atoms with Gasteiger partial charge >= 0.3 is 19.8 Å². The molecular weight excluding hydrogens is 1000 g/mol. The van der Waals surface area contributed by atoms with Crippen LogP contribution in [0.1, 0.15) is 220 Å². The first-order valence-electron chi connectivity index (χ1n) is 29.4. The van der Waals surface area contributed by atoms with Crippen molar-refractivity contribution < 1.29 is 76.7 Å². The number of hydrogen-bond donors (Lipinski definition) is 6. The lowest BCUT2D eigenvalue weighted by Gasteiger charge is -2.39. The normalized spacial score (nSPS) is 19.4. The Morgan fingerprint density at radius 3 is 1.70 bits per heavy atom. The van der Waals surface area contributed by atoms with Gasteiger partial charge in [-0.15, -0.1) is 0 Å². The van der Waals surface area contributed by atoms with Crippen LogP contribution in [0.5, 0.6) is 0 Å². The van der Waals surface area contributed by atoms with Crippen molar-refractivity contribution in [3.05, 3.63) is 24.3 Å². The van der Waals surface area contributed by atoms with Gasteiger partial charge in [0.1, 0.15) is 31.0 Å². The van der Waals surface area contributed by atoms with Crippen molar-refractivity contribution in [3.63, 3.8) is 0 Å². The molecule has 1 saturated heterocycles. The number of rotatable bonds is 51. The van der Waals surface area contributed by atoms with Crippen LogP contribution in [-0.2, 0) is 56.3 Å². The second kappa shape index (κ2) is 48.2. The Kier molecular flexibility index (Phi) is 45.1. The highest BCUT2D eigenvalue weighted by molar-refractivity contribution is 7.48. The zero-order chi connectivity index (χ0) is 55.9. The minimum Gasteiger partial charge on any atom is -0.461 e. The number of carbonyl (C=O) groups excluding carboxylic acids is 4. The molecule has 1 aliphatic heterocycles. The van der Waals surface area contributed by atoms with Gasteiger partial charge in [-0.3, -0.25) is 32.7 Å². The average molecular weight is 1110 g/mol. The first-order valence-corrected chi connectivity index (χ1v) is 30.9. The maximum Gasteiger partial charge on any atom is 0.474 e. The van der Waals surface area contributed by atoms with Crippen molar-refractivity contribution in [1.82, 2.24) is 10.6 Å². The van der Waals surface area contributed by atoms with Gasteiger partial charge in [0.25, 0.3) is 0 Å². The number of carbonyl (C=O) groups is 4. The molecule has 0 aliphatic carbocycles. The molecule has 1 heterocycles. The molecule has 1 fully saturated rings. The molecule has 8 atom stereocenters. The second-order valence-electron chi connectivity index (χ2n) is 20.1. The summed E-state index contributed by atoms with van der Waals surface area (Å²) in [6.07, 6.45) is 29.8. The zero-order valence-corrected chi connectivity index (χ0v) is 48.3. The monoisotopic (exact) mass is 1100 g/mol. The number of esters is 2. The van der Waals surface area contributed by atoms with Crippen LogP contribution in [0.2, 0.25) is 0 Å². The predicted molar refractivity (Wildman–Crippen MR) is 295 cm³/mol. The maximum atomic E-state index is 13.6. The van der Waals surface area contributed by atoms with Gasteiger partial charge in [0.05, 0.1) is 32.3 Å². The summed E-state index contributed by atoms with van der Waals surface area (Å²) in [5.74, 6) is -1.88. The summed E-state index contributed by atoms with van der Waals surface area (Å²) in [7, 11) is -3.04. The molecule has 6 N–H and O–H groups in total. The lowest BCUT2D eigenvalue weighted by molar-refractivity contribution is -0.301. The number of unbranched alkanes of at least 4 members (excludes halogenated alkanes) is 21. The van der Waals surface area contributed by atoms with Crippen molar-refractivity contribution in [1.29, 1.82) is 0 Å². The molecule has 0 aromatic carbocycles. The van der Waals surface area contributed by atoms with Gasteiger partial charge in [0.15, 0.2) is 12.4 Å². The molecule has 0 saturated carbocycles. The molecule has 0 aromatic heterocycles. The molecule has 1 aliphatic rings. The number of amides is 2. The number of ether oxygens (including phenoxy) is 4. The van der Waals surface area contributed by atoms with E-state index in [9.17, 15) is 44.2 Å². The molecule has 444 valence electrons. The third kappa shape index (κ3) is 37.2. The van der Waals surface area contributed by atoms with Crippen LogP contribution in [0.15, 0.2) is 24.3 Å². The van der Waals surface area contributed by atoms with E-state index < -0.39 is 75.7 Å². The Labute approximate surface area is 457 Å². The van der Waals surface area contributed by atoms with E-state index in [0.717, 1.165) is 90.6 Å². The number of hydrogen-bond acceptors (Lipinski definition) is 16. The van der Waals surface area contributed by atoms with Gasteiger partial charge in [-0.25, -0.2) is 4.57 Å². The summed E-state index contributed by atoms with van der Waals surface area (Å²) < 4.78 is 52.0. The summed E-state index contributed by atoms with van der Waals surface area (Å²) >= 11 is 0. The SMILES string of the molecule is CCCCCCCC/C=C\CCCCCCCC(=O)O[C@H](COC(=O)C(/C=C\CCCCCCCC)CCCCCC)COP(=O)(OC)OCCNC(=O)CCCCC(=O)NCCCO[C@@H]1OC(CO)[C@H](O)[C@H](O)C1O. The highest BCUT2D eigenvalue weighted by atomic mass is 31.2. The highest BCUT2D eigenvalue weighted by Crippen LogP contribution is 2.48. The summed E-state index contributed by atoms with van der Waals surface area (Å²) in [4.78, 5) is 51.5. The van der Waals surface area contributed by atoms with Crippen LogP contribution in [-0.4, -0.2) is 134 Å². The van der Waals surface area contributed by atoms with E-state index >= 15 is 0 Å². The van der Waals surface area contributed by atoms with Crippen molar-refractivity contribution >= 4 is 31.6 Å². The number of aliphatic hydroxyl groups excluding tert-OH is 4. The van der Waals surface area contributed by atoms with E-state index in [-0.39, 0.29) is 64.0 Å². The lowest BCUT2D eigenvalue weighted by Crippen LogP contribution is -2.59. The Bertz CT molecular complexity index is 1570. The first kappa shape index (κ1) is 71.2. The quantitative estimate of drug-likeness (QED) is 0.0143. The second-order valence-corrected chi connectivity index (χ2v) is 21.9. The third-order valence-corrected chi connectivity index (χ3v) is 14.7. The molecule has 1 rings (SSSR count). The fraction of sp³-hybridized carbons (Fsp3) is 0.860. The molecule has 19 heteroatoms. The fourth-order valence-electron chi connectivity index (χ4n) is 8.49. The molecule has 18 nitrogen and oxygen atoms in total. The van der Waals surface area contributed by atoms with Crippen molar-refractivity contribution in [2.75, 3.05) is 53.2 Å². The fourth-order valence-corrected chi connectivity index (χ4v) is 9.44. The van der Waals surface area contributed by atoms with Crippen LogP contribution in [0, 0.1) is 5.92 Å². The molecule has 0 spiro atoms. The van der Waals surface area contributed by atoms with Gasteiger partial charge < -0.3 is 50.0 Å². The summed E-state index contributed by atoms with van der Waals surface area (Å²) in [5.41, 5.74) is 0. The van der Waals surface area contributed by atoms with Crippen molar-refractivity contribution in [2.45, 2.75) is 257 Å². The van der Waals surface area contributed by atoms with E-state index in [1.807, 2.05) is 6.08 Å². The Morgan fingerprint density at radius 2 is 1.12 bits per heavy atom. The van der Waals surface area contributed by atoms with E-state index in [0.29, 0.717) is 32.1 Å². The van der Waals surface area contributed by atoms with E-state index in [2.05, 4.69) is 49.6 Å². The van der Waals surface area contributed by atoms with Gasteiger partial charge in [-0.1, -0.05) is 154 Å². The van der Waals surface area contributed by atoms with E-state index in [4.69, 9.17) is 32.5 Å². The molecule has 0 bridgehead atoms. The number of phosphoric ester groups is 1. The molecular formula is C57H105N2O16P. The minimum atomic E-state index is -4.20. The van der Waals surface area contributed by atoms with Crippen LogP contribution in [0.4, 0.5) is 0 Å². The highest BCUT2D eigenvalue weighted by Gasteiger charge is 2.44. The lowest BCUT2D eigenvalue weighted by atomic mass is 9.99. The number of allylic oxidation sites excluding steroid dienone is 3. The Balaban J connectivity index is 2.63. The zero-order valence-electron chi connectivity index (χ0n) is 47.4. The third-order valence-electron chi connectivity index (χ3n) is 13.3. The topological polar surface area (TPSA) is 255 Å². The Morgan fingerprint density at radius 1 is 0.592 bits per heavy atom. The van der Waals surface area contributed by atoms with E-state index in [1.165, 1.54) is 64.2 Å². The number of aliphatic hydroxyl groups is 4. The van der Waals surface area contributed by atoms with Crippen molar-refractivity contribution in [2.24, 2.45) is 5.92 Å². The van der Waals surface area contributed by atoms with E-state index in [1.54, 1.807) is 0 Å². The van der Waals surface area contributed by atoms with Gasteiger partial charge in [-0.05, 0) is 70.6 Å². The van der Waals surface area contributed by atoms with Crippen LogP contribution in [0.25, 0.3) is 0 Å².